The number of para-hydroxylation sites is 2. The Balaban J connectivity index is 0.00000820. The van der Waals surface area contributed by atoms with Gasteiger partial charge in [-0.3, -0.25) is 9.55 Å². The first kappa shape index (κ1) is 30.5. The summed E-state index contributed by atoms with van der Waals surface area (Å²) in [5.41, 5.74) is 5.90. The first-order valence-corrected chi connectivity index (χ1v) is 20.5. The van der Waals surface area contributed by atoms with Crippen LogP contribution >= 0.6 is 0 Å². The molecule has 0 fully saturated rings. The van der Waals surface area contributed by atoms with Gasteiger partial charge in [0.25, 0.3) is 0 Å². The number of benzene rings is 6. The minimum atomic E-state index is -3.40. The molecule has 0 unspecified atom stereocenters. The van der Waals surface area contributed by atoms with Gasteiger partial charge in [-0.15, -0.1) is 29.3 Å². The molecule has 0 radical (unpaired) electrons. The summed E-state index contributed by atoms with van der Waals surface area (Å²) in [5.74, 6) is -0.482. The summed E-state index contributed by atoms with van der Waals surface area (Å²) in [6, 6.07) is 40.5. The van der Waals surface area contributed by atoms with E-state index in [9.17, 15) is 5.11 Å². The Hall–Kier alpha value is -5.57. The molecule has 0 aliphatic rings. The number of aryl methyl sites for hydroxylation is 1. The van der Waals surface area contributed by atoms with Gasteiger partial charge in [0.05, 0.1) is 22.3 Å². The molecule has 1 N–H and O–H groups in total. The van der Waals surface area contributed by atoms with Crippen molar-refractivity contribution in [1.82, 2.24) is 14.5 Å². The van der Waals surface area contributed by atoms with E-state index in [1.807, 2.05) is 74.5 Å². The van der Waals surface area contributed by atoms with Crippen LogP contribution in [0, 0.1) is 12.9 Å². The molecule has 0 spiro atoms. The van der Waals surface area contributed by atoms with Gasteiger partial charge >= 0.3 is 0 Å². The van der Waals surface area contributed by atoms with E-state index < -0.39 is 38.7 Å². The van der Waals surface area contributed by atoms with Crippen LogP contribution in [-0.4, -0.2) is 19.6 Å². The second kappa shape index (κ2) is 17.3. The van der Waals surface area contributed by atoms with E-state index in [4.69, 9.17) is 27.8 Å². The van der Waals surface area contributed by atoms with Crippen molar-refractivity contribution >= 4 is 11.0 Å². The van der Waals surface area contributed by atoms with Crippen LogP contribution < -0.4 is 0 Å². The summed E-state index contributed by atoms with van der Waals surface area (Å²) in [6.07, 6.45) is 1.61. The largest absolute Gasteiger partial charge is 0.507 e. The smallest absolute Gasteiger partial charge is 0.148 e. The number of hydrogen-bond acceptors (Lipinski definition) is 3. The van der Waals surface area contributed by atoms with Crippen molar-refractivity contribution in [3.8, 4) is 67.5 Å². The first-order chi connectivity index (χ1) is 34.2. The Morgan fingerprint density at radius 1 is 0.661 bits per heavy atom. The fourth-order valence-corrected chi connectivity index (χ4v) is 7.71. The molecule has 6 aromatic carbocycles. The van der Waals surface area contributed by atoms with E-state index in [1.165, 1.54) is 24.3 Å². The van der Waals surface area contributed by atoms with Gasteiger partial charge in [-0.25, -0.2) is 4.98 Å². The summed E-state index contributed by atoms with van der Waals surface area (Å²) >= 11 is 0. The molecule has 0 amide bonds. The second-order valence-electron chi connectivity index (χ2n) is 17.4. The second-order valence-corrected chi connectivity index (χ2v) is 17.4. The molecular formula is C57H58N3OPt-. The summed E-state index contributed by atoms with van der Waals surface area (Å²) in [5, 5.41) is 11.4. The third-order valence-corrected chi connectivity index (χ3v) is 11.3. The van der Waals surface area contributed by atoms with Gasteiger partial charge < -0.3 is 5.11 Å². The topological polar surface area (TPSA) is 50.9 Å². The summed E-state index contributed by atoms with van der Waals surface area (Å²) in [7, 11) is 0. The van der Waals surface area contributed by atoms with Crippen LogP contribution in [0.2, 0.25) is 0 Å². The first-order valence-electron chi connectivity index (χ1n) is 27.0. The van der Waals surface area contributed by atoms with Gasteiger partial charge in [-0.2, -0.15) is 0 Å². The van der Waals surface area contributed by atoms with Crippen LogP contribution in [0.3, 0.4) is 0 Å². The zero-order valence-electron chi connectivity index (χ0n) is 48.9. The number of pyridine rings is 1. The van der Waals surface area contributed by atoms with Gasteiger partial charge in [0, 0.05) is 50.8 Å². The van der Waals surface area contributed by atoms with Gasteiger partial charge in [0.2, 0.25) is 0 Å². The Kier molecular flexibility index (Phi) is 8.50. The van der Waals surface area contributed by atoms with Crippen LogP contribution in [-0.2, 0) is 31.9 Å². The van der Waals surface area contributed by atoms with Crippen molar-refractivity contribution in [3.63, 3.8) is 0 Å². The molecule has 0 saturated heterocycles. The number of imidazole rings is 1. The standard InChI is InChI=1S/C57H58N3O.Pt/c1-35(2)41-28-42(36(3)4)30-43(29-41)39-21-24-51(37(5)27-39)60-52-17-14-16-48(54(52)59-55(60)49-15-12-13-18-53(49)61)44-31-45(33-47(32-44)57(9,10)11)50-34-40(25-26-58-50)38-19-22-46(23-20-38)56(6,7)8;/h12-30,32-36,61H,1-11H3;/q-1;/i5D3,6D3,7D3,8D3,35D;. The molecule has 318 valence electrons. The Bertz CT molecular complexity index is 3380. The predicted octanol–water partition coefficient (Wildman–Crippen LogP) is 15.4. The number of nitrogens with zero attached hydrogens (tertiary/aromatic N) is 3. The molecule has 8 aromatic rings. The summed E-state index contributed by atoms with van der Waals surface area (Å²) < 4.78 is 111. The van der Waals surface area contributed by atoms with E-state index in [0.717, 1.165) is 22.3 Å². The van der Waals surface area contributed by atoms with Gasteiger partial charge in [0.15, 0.2) is 0 Å². The molecule has 4 nitrogen and oxygen atoms in total. The summed E-state index contributed by atoms with van der Waals surface area (Å²) in [4.78, 5) is 9.99. The molecule has 2 heterocycles. The molecule has 0 aliphatic heterocycles. The zero-order chi connectivity index (χ0) is 54.3. The molecule has 0 aliphatic carbocycles. The van der Waals surface area contributed by atoms with E-state index in [2.05, 4.69) is 40.7 Å². The number of fused-ring (bicyclic) bond motifs is 1. The maximum absolute atomic E-state index is 11.4. The van der Waals surface area contributed by atoms with Gasteiger partial charge in [-0.05, 0) is 110 Å². The summed E-state index contributed by atoms with van der Waals surface area (Å²) in [6.45, 7) is 1.29. The van der Waals surface area contributed by atoms with Crippen molar-refractivity contribution in [1.29, 1.82) is 0 Å². The minimum Gasteiger partial charge on any atom is -0.507 e. The third kappa shape index (κ3) is 8.86. The third-order valence-electron chi connectivity index (χ3n) is 11.3. The van der Waals surface area contributed by atoms with Gasteiger partial charge in [-0.1, -0.05) is 159 Å². The van der Waals surface area contributed by atoms with Crippen LogP contribution in [0.25, 0.3) is 72.7 Å². The monoisotopic (exact) mass is 1010 g/mol. The predicted molar refractivity (Wildman–Crippen MR) is 257 cm³/mol. The van der Waals surface area contributed by atoms with E-state index in [-0.39, 0.29) is 49.3 Å². The number of aromatic nitrogens is 3. The van der Waals surface area contributed by atoms with E-state index in [1.54, 1.807) is 53.2 Å². The molecule has 8 rings (SSSR count). The van der Waals surface area contributed by atoms with E-state index in [0.29, 0.717) is 67.2 Å². The number of hydrogen-bond donors (Lipinski definition) is 1. The average Bonchev–Trinajstić information content (AvgIpc) is 3.69. The van der Waals surface area contributed by atoms with Crippen LogP contribution in [0.5, 0.6) is 5.75 Å². The number of aromatic hydroxyl groups is 1. The van der Waals surface area contributed by atoms with Crippen molar-refractivity contribution in [2.75, 3.05) is 0 Å². The fourth-order valence-electron chi connectivity index (χ4n) is 7.71. The maximum atomic E-state index is 11.4. The zero-order valence-corrected chi connectivity index (χ0v) is 38.2. The van der Waals surface area contributed by atoms with Gasteiger partial charge in [0.1, 0.15) is 11.6 Å². The minimum absolute atomic E-state index is 0. The molecule has 0 saturated carbocycles. The Morgan fingerprint density at radius 2 is 1.35 bits per heavy atom. The number of phenols is 1. The molecule has 0 atom stereocenters. The Morgan fingerprint density at radius 3 is 2.05 bits per heavy atom. The molecule has 62 heavy (non-hydrogen) atoms. The van der Waals surface area contributed by atoms with Crippen molar-refractivity contribution < 1.29 is 44.0 Å². The Labute approximate surface area is 401 Å². The van der Waals surface area contributed by atoms with Crippen LogP contribution in [0.4, 0.5) is 0 Å². The van der Waals surface area contributed by atoms with Crippen molar-refractivity contribution in [2.24, 2.45) is 0 Å². The van der Waals surface area contributed by atoms with Crippen LogP contribution in [0.15, 0.2) is 134 Å². The van der Waals surface area contributed by atoms with Crippen molar-refractivity contribution in [3.05, 3.63) is 167 Å². The number of phenolic OH excluding ortho intramolecular Hbond substituents is 1. The van der Waals surface area contributed by atoms with Crippen molar-refractivity contribution in [2.45, 2.75) is 98.5 Å². The molecular weight excluding hydrogens is 938 g/mol. The quantitative estimate of drug-likeness (QED) is 0.154. The average molecular weight is 1010 g/mol. The van der Waals surface area contributed by atoms with Crippen LogP contribution in [0.1, 0.15) is 126 Å². The maximum Gasteiger partial charge on any atom is 0.148 e. The SMILES string of the molecule is [2H]C([2H])([2H])c1cc(-c2cc(C(C)C)cc(C([2H])(C)C)c2)ccc1-n1c(-c2ccccc2O)nc2c(-c3[c-]c(-c4cc(-c5ccc(C(C([2H])([2H])[2H])(C([2H])([2H])[2H])C([2H])([2H])[2H])cc5)ccn4)cc(C(C)(C)C)c3)cccc21.[Pt]. The molecule has 5 heteroatoms. The normalized spacial score (nSPS) is 16.1. The molecule has 2 aromatic heterocycles. The van der Waals surface area contributed by atoms with E-state index >= 15 is 0 Å². The fraction of sp³-hybridized carbons (Fsp3) is 0.263. The molecule has 0 bridgehead atoms. The number of rotatable bonds is 8.